The van der Waals surface area contributed by atoms with E-state index in [0.717, 1.165) is 36.6 Å². The normalized spacial score (nSPS) is 10.8. The van der Waals surface area contributed by atoms with Crippen molar-refractivity contribution in [3.63, 3.8) is 0 Å². The van der Waals surface area contributed by atoms with Crippen LogP contribution in [0.1, 0.15) is 23.9 Å². The molecule has 0 aliphatic carbocycles. The molecule has 0 fully saturated rings. The van der Waals surface area contributed by atoms with Crippen LogP contribution in [0.25, 0.3) is 0 Å². The second kappa shape index (κ2) is 5.32. The Hall–Kier alpha value is -0.610. The van der Waals surface area contributed by atoms with Crippen LogP contribution in [0.2, 0.25) is 0 Å². The molecule has 0 amide bonds. The maximum Gasteiger partial charge on any atom is 0.307 e. The molecule has 0 radical (unpaired) electrons. The van der Waals surface area contributed by atoms with Crippen molar-refractivity contribution >= 4 is 11.3 Å². The summed E-state index contributed by atoms with van der Waals surface area (Å²) in [5, 5.41) is 3.29. The van der Waals surface area contributed by atoms with Crippen LogP contribution in [0.15, 0.2) is 4.79 Å². The minimum atomic E-state index is 0.165. The Morgan fingerprint density at radius 3 is 2.57 bits per heavy atom. The fraction of sp³-hybridized carbons (Fsp3) is 0.700. The third-order valence-corrected chi connectivity index (χ3v) is 3.31. The molecule has 80 valence electrons. The molecular formula is C10H18N2OS. The minimum absolute atomic E-state index is 0.165. The highest BCUT2D eigenvalue weighted by atomic mass is 32.1. The SMILES string of the molecule is CCCNCCn1c(C)c(C)sc1=O. The summed E-state index contributed by atoms with van der Waals surface area (Å²) in [6.07, 6.45) is 1.14. The number of aryl methyl sites for hydroxylation is 1. The van der Waals surface area contributed by atoms with Crippen LogP contribution in [-0.4, -0.2) is 17.7 Å². The van der Waals surface area contributed by atoms with Gasteiger partial charge in [0.1, 0.15) is 0 Å². The van der Waals surface area contributed by atoms with E-state index in [1.165, 1.54) is 11.3 Å². The molecule has 14 heavy (non-hydrogen) atoms. The first-order chi connectivity index (χ1) is 6.66. The van der Waals surface area contributed by atoms with Crippen molar-refractivity contribution in [2.45, 2.75) is 33.7 Å². The zero-order chi connectivity index (χ0) is 10.6. The largest absolute Gasteiger partial charge is 0.315 e. The fourth-order valence-corrected chi connectivity index (χ4v) is 2.20. The van der Waals surface area contributed by atoms with Crippen LogP contribution in [0, 0.1) is 13.8 Å². The third kappa shape index (κ3) is 2.69. The Balaban J connectivity index is 2.54. The molecule has 3 nitrogen and oxygen atoms in total. The van der Waals surface area contributed by atoms with Gasteiger partial charge in [-0.05, 0) is 26.8 Å². The molecule has 0 unspecified atom stereocenters. The quantitative estimate of drug-likeness (QED) is 0.754. The van der Waals surface area contributed by atoms with Gasteiger partial charge in [-0.15, -0.1) is 0 Å². The predicted molar refractivity (Wildman–Crippen MR) is 61.2 cm³/mol. The van der Waals surface area contributed by atoms with Gasteiger partial charge in [-0.25, -0.2) is 0 Å². The summed E-state index contributed by atoms with van der Waals surface area (Å²) in [6.45, 7) is 8.83. The number of hydrogen-bond acceptors (Lipinski definition) is 3. The number of nitrogens with one attached hydrogen (secondary N) is 1. The topological polar surface area (TPSA) is 34.0 Å². The molecule has 0 bridgehead atoms. The van der Waals surface area contributed by atoms with Crippen molar-refractivity contribution in [3.8, 4) is 0 Å². The van der Waals surface area contributed by atoms with Gasteiger partial charge in [0.25, 0.3) is 0 Å². The monoisotopic (exact) mass is 214 g/mol. The van der Waals surface area contributed by atoms with E-state index in [4.69, 9.17) is 0 Å². The van der Waals surface area contributed by atoms with E-state index in [0.29, 0.717) is 0 Å². The molecule has 0 saturated heterocycles. The molecule has 0 aromatic carbocycles. The highest BCUT2D eigenvalue weighted by Crippen LogP contribution is 2.08. The number of hydrogen-bond donors (Lipinski definition) is 1. The van der Waals surface area contributed by atoms with E-state index in [1.807, 2.05) is 18.4 Å². The molecule has 0 spiro atoms. The van der Waals surface area contributed by atoms with Crippen LogP contribution in [0.4, 0.5) is 0 Å². The summed E-state index contributed by atoms with van der Waals surface area (Å²) in [7, 11) is 0. The maximum absolute atomic E-state index is 11.5. The van der Waals surface area contributed by atoms with Gasteiger partial charge in [0.05, 0.1) is 0 Å². The second-order valence-corrected chi connectivity index (χ2v) is 4.58. The van der Waals surface area contributed by atoms with Crippen molar-refractivity contribution < 1.29 is 0 Å². The average Bonchev–Trinajstić information content (AvgIpc) is 2.38. The Morgan fingerprint density at radius 2 is 2.07 bits per heavy atom. The van der Waals surface area contributed by atoms with Crippen molar-refractivity contribution in [1.82, 2.24) is 9.88 Å². The molecule has 0 saturated carbocycles. The van der Waals surface area contributed by atoms with Gasteiger partial charge in [-0.1, -0.05) is 18.3 Å². The standard InChI is InChI=1S/C10H18N2OS/c1-4-5-11-6-7-12-8(2)9(3)14-10(12)13/h11H,4-7H2,1-3H3. The number of rotatable bonds is 5. The Morgan fingerprint density at radius 1 is 1.36 bits per heavy atom. The fourth-order valence-electron chi connectivity index (χ4n) is 1.34. The molecule has 4 heteroatoms. The van der Waals surface area contributed by atoms with Gasteiger partial charge in [0, 0.05) is 23.7 Å². The summed E-state index contributed by atoms with van der Waals surface area (Å²) >= 11 is 1.34. The van der Waals surface area contributed by atoms with Crippen LogP contribution in [0.3, 0.4) is 0 Å². The van der Waals surface area contributed by atoms with Crippen LogP contribution >= 0.6 is 11.3 Å². The summed E-state index contributed by atoms with van der Waals surface area (Å²) in [6, 6.07) is 0. The van der Waals surface area contributed by atoms with Crippen LogP contribution < -0.4 is 10.2 Å². The van der Waals surface area contributed by atoms with Crippen molar-refractivity contribution in [2.75, 3.05) is 13.1 Å². The second-order valence-electron chi connectivity index (χ2n) is 3.41. The van der Waals surface area contributed by atoms with Crippen molar-refractivity contribution in [3.05, 3.63) is 20.2 Å². The number of aromatic nitrogens is 1. The van der Waals surface area contributed by atoms with E-state index in [-0.39, 0.29) is 4.87 Å². The zero-order valence-electron chi connectivity index (χ0n) is 9.09. The van der Waals surface area contributed by atoms with Gasteiger partial charge < -0.3 is 9.88 Å². The molecule has 1 aromatic heterocycles. The smallest absolute Gasteiger partial charge is 0.307 e. The molecule has 1 rings (SSSR count). The molecule has 1 heterocycles. The minimum Gasteiger partial charge on any atom is -0.315 e. The molecule has 0 aliphatic heterocycles. The van der Waals surface area contributed by atoms with Crippen LogP contribution in [-0.2, 0) is 6.54 Å². The van der Waals surface area contributed by atoms with E-state index in [9.17, 15) is 4.79 Å². The number of thiazole rings is 1. The molecule has 0 atom stereocenters. The highest BCUT2D eigenvalue weighted by Gasteiger charge is 2.05. The average molecular weight is 214 g/mol. The Kier molecular flexibility index (Phi) is 4.35. The first-order valence-electron chi connectivity index (χ1n) is 5.04. The van der Waals surface area contributed by atoms with Gasteiger partial charge >= 0.3 is 4.87 Å². The molecule has 0 aliphatic rings. The van der Waals surface area contributed by atoms with Crippen molar-refractivity contribution in [1.29, 1.82) is 0 Å². The lowest BCUT2D eigenvalue weighted by Crippen LogP contribution is -2.25. The zero-order valence-corrected chi connectivity index (χ0v) is 9.91. The summed E-state index contributed by atoms with van der Waals surface area (Å²) in [5.74, 6) is 0. The van der Waals surface area contributed by atoms with Gasteiger partial charge in [0.15, 0.2) is 0 Å². The molecule has 1 aromatic rings. The van der Waals surface area contributed by atoms with E-state index >= 15 is 0 Å². The Bertz CT molecular complexity index is 340. The highest BCUT2D eigenvalue weighted by molar-refractivity contribution is 7.09. The first kappa shape index (κ1) is 11.5. The third-order valence-electron chi connectivity index (χ3n) is 2.31. The van der Waals surface area contributed by atoms with E-state index < -0.39 is 0 Å². The van der Waals surface area contributed by atoms with E-state index in [1.54, 1.807) is 0 Å². The molecule has 1 N–H and O–H groups in total. The lowest BCUT2D eigenvalue weighted by atomic mass is 10.4. The van der Waals surface area contributed by atoms with Gasteiger partial charge in [0.2, 0.25) is 0 Å². The lowest BCUT2D eigenvalue weighted by molar-refractivity contribution is 0.580. The summed E-state index contributed by atoms with van der Waals surface area (Å²) in [5.41, 5.74) is 1.11. The summed E-state index contributed by atoms with van der Waals surface area (Å²) < 4.78 is 1.85. The molecular weight excluding hydrogens is 196 g/mol. The Labute approximate surface area is 88.8 Å². The van der Waals surface area contributed by atoms with Gasteiger partial charge in [-0.3, -0.25) is 4.79 Å². The number of nitrogens with zero attached hydrogens (tertiary/aromatic N) is 1. The first-order valence-corrected chi connectivity index (χ1v) is 5.86. The summed E-state index contributed by atoms with van der Waals surface area (Å²) in [4.78, 5) is 12.8. The van der Waals surface area contributed by atoms with E-state index in [2.05, 4.69) is 12.2 Å². The van der Waals surface area contributed by atoms with Crippen molar-refractivity contribution in [2.24, 2.45) is 0 Å². The lowest BCUT2D eigenvalue weighted by Gasteiger charge is -2.05. The predicted octanol–water partition coefficient (Wildman–Crippen LogP) is 1.53. The maximum atomic E-state index is 11.5. The van der Waals surface area contributed by atoms with Gasteiger partial charge in [-0.2, -0.15) is 0 Å². The van der Waals surface area contributed by atoms with Crippen LogP contribution in [0.5, 0.6) is 0 Å².